The number of hydrogen-bond donors (Lipinski definition) is 2. The molecule has 0 aliphatic carbocycles. The molecule has 0 aromatic heterocycles. The predicted molar refractivity (Wildman–Crippen MR) is 99.4 cm³/mol. The van der Waals surface area contributed by atoms with Gasteiger partial charge in [-0.2, -0.15) is 0 Å². The minimum atomic E-state index is -3.82. The van der Waals surface area contributed by atoms with Gasteiger partial charge >= 0.3 is 0 Å². The Morgan fingerprint density at radius 3 is 2.27 bits per heavy atom. The van der Waals surface area contributed by atoms with E-state index < -0.39 is 15.9 Å². The molecule has 2 rings (SSSR count). The summed E-state index contributed by atoms with van der Waals surface area (Å²) in [7, 11) is -0.950. The summed E-state index contributed by atoms with van der Waals surface area (Å²) < 4.78 is 37.8. The van der Waals surface area contributed by atoms with Crippen LogP contribution in [0.3, 0.4) is 0 Å². The molecule has 26 heavy (non-hydrogen) atoms. The van der Waals surface area contributed by atoms with E-state index >= 15 is 0 Å². The Labute approximate surface area is 153 Å². The molecule has 0 spiro atoms. The van der Waals surface area contributed by atoms with Crippen LogP contribution < -0.4 is 19.5 Å². The second kappa shape index (κ2) is 8.20. The van der Waals surface area contributed by atoms with Gasteiger partial charge in [-0.15, -0.1) is 0 Å². The number of carbonyl (C=O) groups excluding carboxylic acids is 1. The van der Waals surface area contributed by atoms with Gasteiger partial charge in [0.15, 0.2) is 0 Å². The van der Waals surface area contributed by atoms with Gasteiger partial charge in [-0.05, 0) is 44.2 Å². The third kappa shape index (κ3) is 4.53. The zero-order valence-electron chi connectivity index (χ0n) is 15.1. The van der Waals surface area contributed by atoms with Crippen LogP contribution in [0.1, 0.15) is 24.2 Å². The van der Waals surface area contributed by atoms with E-state index in [1.165, 1.54) is 32.4 Å². The number of anilines is 1. The smallest absolute Gasteiger partial charge is 0.255 e. The SMILES string of the molecule is COc1ccccc1NC(=O)c1ccc(OC)c(S(=O)(=O)NC(C)C)c1. The molecule has 0 saturated carbocycles. The topological polar surface area (TPSA) is 93.7 Å². The van der Waals surface area contributed by atoms with E-state index in [4.69, 9.17) is 9.47 Å². The van der Waals surface area contributed by atoms with Crippen LogP contribution in [0, 0.1) is 0 Å². The predicted octanol–water partition coefficient (Wildman–Crippen LogP) is 2.64. The Bertz CT molecular complexity index is 894. The number of benzene rings is 2. The van der Waals surface area contributed by atoms with E-state index in [0.29, 0.717) is 11.4 Å². The van der Waals surface area contributed by atoms with E-state index in [1.807, 2.05) is 0 Å². The quantitative estimate of drug-likeness (QED) is 0.772. The molecule has 8 heteroatoms. The Kier molecular flexibility index (Phi) is 6.23. The number of methoxy groups -OCH3 is 2. The van der Waals surface area contributed by atoms with Gasteiger partial charge < -0.3 is 14.8 Å². The van der Waals surface area contributed by atoms with Crippen molar-refractivity contribution in [2.75, 3.05) is 19.5 Å². The van der Waals surface area contributed by atoms with Crippen molar-refractivity contribution in [3.63, 3.8) is 0 Å². The van der Waals surface area contributed by atoms with Crippen molar-refractivity contribution >= 4 is 21.6 Å². The van der Waals surface area contributed by atoms with E-state index in [9.17, 15) is 13.2 Å². The third-order valence-corrected chi connectivity index (χ3v) is 5.14. The lowest BCUT2D eigenvalue weighted by Gasteiger charge is -2.14. The molecule has 0 fully saturated rings. The van der Waals surface area contributed by atoms with Crippen LogP contribution in [0.5, 0.6) is 11.5 Å². The van der Waals surface area contributed by atoms with E-state index in [-0.39, 0.29) is 22.3 Å². The normalized spacial score (nSPS) is 11.3. The molecule has 0 aliphatic rings. The number of nitrogens with one attached hydrogen (secondary N) is 2. The molecule has 1 amide bonds. The van der Waals surface area contributed by atoms with Gasteiger partial charge in [0.25, 0.3) is 5.91 Å². The van der Waals surface area contributed by atoms with Crippen LogP contribution >= 0.6 is 0 Å². The molecule has 0 saturated heterocycles. The second-order valence-corrected chi connectivity index (χ2v) is 7.48. The minimum absolute atomic E-state index is 0.0959. The summed E-state index contributed by atoms with van der Waals surface area (Å²) in [6.45, 7) is 3.42. The van der Waals surface area contributed by atoms with E-state index in [0.717, 1.165) is 0 Å². The van der Waals surface area contributed by atoms with Crippen LogP contribution in [0.25, 0.3) is 0 Å². The number of para-hydroxylation sites is 2. The molecule has 140 valence electrons. The van der Waals surface area contributed by atoms with Crippen molar-refractivity contribution < 1.29 is 22.7 Å². The van der Waals surface area contributed by atoms with Crippen molar-refractivity contribution in [1.82, 2.24) is 4.72 Å². The fourth-order valence-electron chi connectivity index (χ4n) is 2.34. The van der Waals surface area contributed by atoms with Gasteiger partial charge in [0.2, 0.25) is 10.0 Å². The first-order chi connectivity index (χ1) is 12.3. The molecule has 0 aliphatic heterocycles. The fraction of sp³-hybridized carbons (Fsp3) is 0.278. The number of carbonyl (C=O) groups is 1. The van der Waals surface area contributed by atoms with Crippen LogP contribution in [-0.2, 0) is 10.0 Å². The maximum Gasteiger partial charge on any atom is 0.255 e. The molecule has 2 aromatic rings. The summed E-state index contributed by atoms with van der Waals surface area (Å²) in [6, 6.07) is 10.9. The zero-order valence-corrected chi connectivity index (χ0v) is 15.9. The standard InChI is InChI=1S/C18H22N2O5S/c1-12(2)20-26(22,23)17-11-13(9-10-16(17)25-4)18(21)19-14-7-5-6-8-15(14)24-3/h5-12,20H,1-4H3,(H,19,21). The molecule has 0 heterocycles. The Morgan fingerprint density at radius 2 is 1.65 bits per heavy atom. The number of sulfonamides is 1. The van der Waals surface area contributed by atoms with Gasteiger partial charge in [0.05, 0.1) is 19.9 Å². The van der Waals surface area contributed by atoms with Crippen LogP contribution in [0.15, 0.2) is 47.4 Å². The lowest BCUT2D eigenvalue weighted by molar-refractivity contribution is 0.102. The van der Waals surface area contributed by atoms with Crippen molar-refractivity contribution in [3.05, 3.63) is 48.0 Å². The highest BCUT2D eigenvalue weighted by Gasteiger charge is 2.22. The summed E-state index contributed by atoms with van der Waals surface area (Å²) in [5, 5.41) is 2.71. The third-order valence-electron chi connectivity index (χ3n) is 3.46. The number of ether oxygens (including phenoxy) is 2. The van der Waals surface area contributed by atoms with Gasteiger partial charge in [-0.3, -0.25) is 4.79 Å². The molecule has 0 atom stereocenters. The number of hydrogen-bond acceptors (Lipinski definition) is 5. The summed E-state index contributed by atoms with van der Waals surface area (Å²) >= 11 is 0. The van der Waals surface area contributed by atoms with Gasteiger partial charge in [-0.25, -0.2) is 13.1 Å². The molecule has 0 radical (unpaired) electrons. The first-order valence-corrected chi connectivity index (χ1v) is 9.41. The lowest BCUT2D eigenvalue weighted by atomic mass is 10.2. The fourth-order valence-corrected chi connectivity index (χ4v) is 3.79. The van der Waals surface area contributed by atoms with Crippen molar-refractivity contribution in [3.8, 4) is 11.5 Å². The molecule has 7 nitrogen and oxygen atoms in total. The van der Waals surface area contributed by atoms with Crippen LogP contribution in [-0.4, -0.2) is 34.6 Å². The molecule has 2 N–H and O–H groups in total. The summed E-state index contributed by atoms with van der Waals surface area (Å²) in [5.74, 6) is 0.203. The summed E-state index contributed by atoms with van der Waals surface area (Å²) in [4.78, 5) is 12.5. The van der Waals surface area contributed by atoms with Gasteiger partial charge in [0, 0.05) is 11.6 Å². The Balaban J connectivity index is 2.38. The average molecular weight is 378 g/mol. The van der Waals surface area contributed by atoms with Crippen molar-refractivity contribution in [2.24, 2.45) is 0 Å². The monoisotopic (exact) mass is 378 g/mol. The number of amides is 1. The van der Waals surface area contributed by atoms with Crippen LogP contribution in [0.4, 0.5) is 5.69 Å². The van der Waals surface area contributed by atoms with E-state index in [1.54, 1.807) is 38.1 Å². The van der Waals surface area contributed by atoms with Gasteiger partial charge in [-0.1, -0.05) is 12.1 Å². The minimum Gasteiger partial charge on any atom is -0.495 e. The molecule has 2 aromatic carbocycles. The Morgan fingerprint density at radius 1 is 1.00 bits per heavy atom. The maximum atomic E-state index is 12.6. The highest BCUT2D eigenvalue weighted by Crippen LogP contribution is 2.27. The highest BCUT2D eigenvalue weighted by molar-refractivity contribution is 7.89. The maximum absolute atomic E-state index is 12.6. The average Bonchev–Trinajstić information content (AvgIpc) is 2.60. The molecule has 0 unspecified atom stereocenters. The highest BCUT2D eigenvalue weighted by atomic mass is 32.2. The lowest BCUT2D eigenvalue weighted by Crippen LogP contribution is -2.30. The molecular weight excluding hydrogens is 356 g/mol. The van der Waals surface area contributed by atoms with Crippen molar-refractivity contribution in [1.29, 1.82) is 0 Å². The first-order valence-electron chi connectivity index (χ1n) is 7.93. The first kappa shape index (κ1) is 19.7. The second-order valence-electron chi connectivity index (χ2n) is 5.80. The largest absolute Gasteiger partial charge is 0.495 e. The van der Waals surface area contributed by atoms with Crippen LogP contribution in [0.2, 0.25) is 0 Å². The van der Waals surface area contributed by atoms with E-state index in [2.05, 4.69) is 10.0 Å². The van der Waals surface area contributed by atoms with Crippen molar-refractivity contribution in [2.45, 2.75) is 24.8 Å². The summed E-state index contributed by atoms with van der Waals surface area (Å²) in [6.07, 6.45) is 0. The Hall–Kier alpha value is -2.58. The zero-order chi connectivity index (χ0) is 19.3. The number of rotatable bonds is 7. The summed E-state index contributed by atoms with van der Waals surface area (Å²) in [5.41, 5.74) is 0.668. The van der Waals surface area contributed by atoms with Gasteiger partial charge in [0.1, 0.15) is 16.4 Å². The molecular formula is C18H22N2O5S. The molecule has 0 bridgehead atoms.